The Kier molecular flexibility index (Phi) is 7.17. The van der Waals surface area contributed by atoms with Crippen LogP contribution in [0.1, 0.15) is 64.7 Å². The van der Waals surface area contributed by atoms with Crippen molar-refractivity contribution < 1.29 is 0 Å². The summed E-state index contributed by atoms with van der Waals surface area (Å²) in [6, 6.07) is 0. The fourth-order valence-corrected chi connectivity index (χ4v) is 2.53. The Labute approximate surface area is 110 Å². The number of unbranched alkanes of at least 4 members (excludes halogenated alkanes) is 4. The lowest BCUT2D eigenvalue weighted by Gasteiger charge is -2.10. The van der Waals surface area contributed by atoms with Crippen molar-refractivity contribution in [1.29, 1.82) is 0 Å². The maximum absolute atomic E-state index is 5.38. The van der Waals surface area contributed by atoms with Gasteiger partial charge in [0.1, 0.15) is 0 Å². The largest absolute Gasteiger partial charge is 0.375 e. The van der Waals surface area contributed by atoms with E-state index < -0.39 is 0 Å². The molecule has 1 aliphatic rings. The van der Waals surface area contributed by atoms with Crippen LogP contribution in [0.4, 0.5) is 0 Å². The molecule has 1 saturated carbocycles. The Morgan fingerprint density at radius 1 is 1.41 bits per heavy atom. The summed E-state index contributed by atoms with van der Waals surface area (Å²) in [5.41, 5.74) is 9.38. The smallest absolute Gasteiger partial charge is 0.184 e. The first-order valence-electron chi connectivity index (χ1n) is 6.86. The van der Waals surface area contributed by atoms with E-state index in [2.05, 4.69) is 17.5 Å². The number of nitrogens with two attached hydrogens (primary N) is 1. The summed E-state index contributed by atoms with van der Waals surface area (Å²) in [7, 11) is 0. The van der Waals surface area contributed by atoms with E-state index in [-0.39, 0.29) is 5.11 Å². The maximum Gasteiger partial charge on any atom is 0.184 e. The second-order valence-corrected chi connectivity index (χ2v) is 5.31. The van der Waals surface area contributed by atoms with Gasteiger partial charge in [-0.05, 0) is 43.8 Å². The van der Waals surface area contributed by atoms with Crippen LogP contribution in [0.5, 0.6) is 0 Å². The van der Waals surface area contributed by atoms with E-state index in [0.29, 0.717) is 5.92 Å². The van der Waals surface area contributed by atoms with Gasteiger partial charge in [-0.1, -0.05) is 39.0 Å². The van der Waals surface area contributed by atoms with Crippen molar-refractivity contribution in [3.05, 3.63) is 0 Å². The summed E-state index contributed by atoms with van der Waals surface area (Å²) in [5, 5.41) is 4.59. The molecule has 0 aromatic carbocycles. The van der Waals surface area contributed by atoms with Gasteiger partial charge in [-0.2, -0.15) is 5.10 Å². The predicted molar refractivity (Wildman–Crippen MR) is 78.1 cm³/mol. The zero-order valence-electron chi connectivity index (χ0n) is 10.9. The van der Waals surface area contributed by atoms with Gasteiger partial charge >= 0.3 is 0 Å². The molecule has 1 aliphatic carbocycles. The van der Waals surface area contributed by atoms with Crippen molar-refractivity contribution in [1.82, 2.24) is 5.43 Å². The summed E-state index contributed by atoms with van der Waals surface area (Å²) in [6.07, 6.45) is 11.7. The molecule has 4 heteroatoms. The lowest BCUT2D eigenvalue weighted by molar-refractivity contribution is 0.535. The molecule has 0 aliphatic heterocycles. The molecule has 0 heterocycles. The third-order valence-electron chi connectivity index (χ3n) is 3.42. The standard InChI is InChI=1S/C13H25N3S/c1-2-3-4-5-6-8-11-9-7-10-12(11)15-16-13(14)17/h11H,2-10H2,1H3,(H3,14,16,17). The van der Waals surface area contributed by atoms with Crippen LogP contribution in [-0.4, -0.2) is 10.8 Å². The van der Waals surface area contributed by atoms with Crippen molar-refractivity contribution >= 4 is 23.0 Å². The Morgan fingerprint density at radius 3 is 2.88 bits per heavy atom. The topological polar surface area (TPSA) is 50.4 Å². The molecule has 0 bridgehead atoms. The molecular weight excluding hydrogens is 230 g/mol. The number of nitrogens with one attached hydrogen (secondary N) is 1. The third-order valence-corrected chi connectivity index (χ3v) is 3.51. The molecule has 1 atom stereocenters. The SMILES string of the molecule is CCCCCCCC1CCCC1=NNC(N)=S. The normalized spacial score (nSPS) is 21.9. The van der Waals surface area contributed by atoms with Gasteiger partial charge in [-0.25, -0.2) is 0 Å². The highest BCUT2D eigenvalue weighted by Crippen LogP contribution is 2.27. The van der Waals surface area contributed by atoms with Gasteiger partial charge < -0.3 is 5.73 Å². The molecule has 0 aromatic heterocycles. The van der Waals surface area contributed by atoms with Gasteiger partial charge in [-0.3, -0.25) is 5.43 Å². The zero-order chi connectivity index (χ0) is 12.5. The highest BCUT2D eigenvalue weighted by molar-refractivity contribution is 7.80. The minimum atomic E-state index is 0.270. The number of hydrogen-bond acceptors (Lipinski definition) is 2. The molecule has 1 unspecified atom stereocenters. The van der Waals surface area contributed by atoms with Gasteiger partial charge in [0.15, 0.2) is 5.11 Å². The van der Waals surface area contributed by atoms with Gasteiger partial charge in [-0.15, -0.1) is 0 Å². The predicted octanol–water partition coefficient (Wildman–Crippen LogP) is 3.34. The lowest BCUT2D eigenvalue weighted by Crippen LogP contribution is -2.26. The second kappa shape index (κ2) is 8.45. The molecule has 3 nitrogen and oxygen atoms in total. The van der Waals surface area contributed by atoms with Crippen molar-refractivity contribution in [3.8, 4) is 0 Å². The van der Waals surface area contributed by atoms with E-state index in [0.717, 1.165) is 6.42 Å². The van der Waals surface area contributed by atoms with E-state index in [1.807, 2.05) is 0 Å². The zero-order valence-corrected chi connectivity index (χ0v) is 11.7. The van der Waals surface area contributed by atoms with Crippen LogP contribution in [0, 0.1) is 5.92 Å². The summed E-state index contributed by atoms with van der Waals surface area (Å²) >= 11 is 4.76. The number of hydrogen-bond donors (Lipinski definition) is 2. The monoisotopic (exact) mass is 255 g/mol. The Hall–Kier alpha value is -0.640. The van der Waals surface area contributed by atoms with Gasteiger partial charge in [0.2, 0.25) is 0 Å². The quantitative estimate of drug-likeness (QED) is 0.417. The minimum absolute atomic E-state index is 0.270. The van der Waals surface area contributed by atoms with Crippen LogP contribution in [-0.2, 0) is 0 Å². The highest BCUT2D eigenvalue weighted by Gasteiger charge is 2.22. The van der Waals surface area contributed by atoms with E-state index >= 15 is 0 Å². The third kappa shape index (κ3) is 6.01. The molecule has 98 valence electrons. The molecule has 0 radical (unpaired) electrons. The molecule has 0 spiro atoms. The number of rotatable bonds is 7. The molecular formula is C13H25N3S. The Balaban J connectivity index is 2.22. The van der Waals surface area contributed by atoms with Crippen LogP contribution in [0.2, 0.25) is 0 Å². The summed E-state index contributed by atoms with van der Waals surface area (Å²) in [5.74, 6) is 0.665. The molecule has 3 N–H and O–H groups in total. The molecule has 1 fully saturated rings. The molecule has 1 rings (SSSR count). The molecule has 17 heavy (non-hydrogen) atoms. The van der Waals surface area contributed by atoms with Crippen molar-refractivity contribution in [2.45, 2.75) is 64.7 Å². The summed E-state index contributed by atoms with van der Waals surface area (Å²) in [4.78, 5) is 0. The lowest BCUT2D eigenvalue weighted by atomic mass is 9.98. The van der Waals surface area contributed by atoms with Gasteiger partial charge in [0.05, 0.1) is 0 Å². The maximum atomic E-state index is 5.38. The van der Waals surface area contributed by atoms with Crippen LogP contribution >= 0.6 is 12.2 Å². The first-order valence-corrected chi connectivity index (χ1v) is 7.26. The number of hydrazone groups is 1. The van der Waals surface area contributed by atoms with Crippen molar-refractivity contribution in [3.63, 3.8) is 0 Å². The van der Waals surface area contributed by atoms with E-state index in [1.54, 1.807) is 0 Å². The molecule has 0 aromatic rings. The summed E-state index contributed by atoms with van der Waals surface area (Å²) < 4.78 is 0. The first-order chi connectivity index (χ1) is 8.24. The Morgan fingerprint density at radius 2 is 2.18 bits per heavy atom. The van der Waals surface area contributed by atoms with Crippen LogP contribution in [0.25, 0.3) is 0 Å². The van der Waals surface area contributed by atoms with Crippen molar-refractivity contribution in [2.75, 3.05) is 0 Å². The average Bonchev–Trinajstić information content (AvgIpc) is 2.73. The summed E-state index contributed by atoms with van der Waals surface area (Å²) in [6.45, 7) is 2.25. The van der Waals surface area contributed by atoms with E-state index in [4.69, 9.17) is 18.0 Å². The van der Waals surface area contributed by atoms with E-state index in [1.165, 1.54) is 57.1 Å². The average molecular weight is 255 g/mol. The van der Waals surface area contributed by atoms with Gasteiger partial charge in [0.25, 0.3) is 0 Å². The molecule has 0 amide bonds. The van der Waals surface area contributed by atoms with E-state index in [9.17, 15) is 0 Å². The fourth-order valence-electron chi connectivity index (χ4n) is 2.48. The number of nitrogens with zero attached hydrogens (tertiary/aromatic N) is 1. The Bertz CT molecular complexity index is 263. The molecule has 0 saturated heterocycles. The van der Waals surface area contributed by atoms with Crippen LogP contribution in [0.3, 0.4) is 0 Å². The fraction of sp³-hybridized carbons (Fsp3) is 0.846. The second-order valence-electron chi connectivity index (χ2n) is 4.87. The number of thiocarbonyl (C=S) groups is 1. The minimum Gasteiger partial charge on any atom is -0.375 e. The van der Waals surface area contributed by atoms with Crippen LogP contribution in [0.15, 0.2) is 5.10 Å². The van der Waals surface area contributed by atoms with Crippen LogP contribution < -0.4 is 11.2 Å². The first kappa shape index (κ1) is 14.4. The highest BCUT2D eigenvalue weighted by atomic mass is 32.1. The van der Waals surface area contributed by atoms with Crippen molar-refractivity contribution in [2.24, 2.45) is 16.8 Å². The van der Waals surface area contributed by atoms with Gasteiger partial charge in [0, 0.05) is 5.71 Å².